The van der Waals surface area contributed by atoms with Gasteiger partial charge in [-0.1, -0.05) is 40.2 Å². The zero-order valence-corrected chi connectivity index (χ0v) is 12.2. The number of ketones is 1. The van der Waals surface area contributed by atoms with Crippen LogP contribution in [0.15, 0.2) is 40.9 Å². The van der Waals surface area contributed by atoms with Gasteiger partial charge in [-0.15, -0.1) is 0 Å². The molecule has 0 aliphatic carbocycles. The summed E-state index contributed by atoms with van der Waals surface area (Å²) in [5.41, 5.74) is 0.854. The molecule has 1 saturated heterocycles. The van der Waals surface area contributed by atoms with Gasteiger partial charge in [0.05, 0.1) is 0 Å². The molecule has 1 fully saturated rings. The van der Waals surface area contributed by atoms with Crippen LogP contribution >= 0.6 is 15.9 Å². The maximum absolute atomic E-state index is 12.7. The van der Waals surface area contributed by atoms with Gasteiger partial charge in [-0.2, -0.15) is 0 Å². The summed E-state index contributed by atoms with van der Waals surface area (Å²) in [6.45, 7) is 1.84. The molecule has 2 aromatic carbocycles. The van der Waals surface area contributed by atoms with E-state index in [1.165, 1.54) is 0 Å². The average molecular weight is 318 g/mol. The van der Waals surface area contributed by atoms with Crippen LogP contribution in [0.25, 0.3) is 10.8 Å². The summed E-state index contributed by atoms with van der Waals surface area (Å²) in [5, 5.41) is 5.47. The SMILES string of the molecule is O=C(c1ccc(Br)c2ccccc12)C1CCCNC1. The van der Waals surface area contributed by atoms with E-state index in [2.05, 4.69) is 27.3 Å². The van der Waals surface area contributed by atoms with Crippen LogP contribution in [0.2, 0.25) is 0 Å². The largest absolute Gasteiger partial charge is 0.316 e. The van der Waals surface area contributed by atoms with E-state index in [9.17, 15) is 4.79 Å². The fourth-order valence-electron chi connectivity index (χ4n) is 2.77. The first-order valence-corrected chi connectivity index (χ1v) is 7.49. The number of carbonyl (C=O) groups is 1. The van der Waals surface area contributed by atoms with Gasteiger partial charge in [0.25, 0.3) is 0 Å². The molecule has 1 aliphatic rings. The molecule has 1 N–H and O–H groups in total. The Morgan fingerprint density at radius 2 is 1.95 bits per heavy atom. The minimum atomic E-state index is 0.123. The topological polar surface area (TPSA) is 29.1 Å². The number of rotatable bonds is 2. The average Bonchev–Trinajstić information content (AvgIpc) is 2.48. The van der Waals surface area contributed by atoms with Crippen LogP contribution in [-0.2, 0) is 0 Å². The van der Waals surface area contributed by atoms with Crippen LogP contribution < -0.4 is 5.32 Å². The molecule has 0 bridgehead atoms. The van der Waals surface area contributed by atoms with Crippen LogP contribution in [0.3, 0.4) is 0 Å². The first kappa shape index (κ1) is 12.8. The van der Waals surface area contributed by atoms with Gasteiger partial charge < -0.3 is 5.32 Å². The zero-order valence-electron chi connectivity index (χ0n) is 10.7. The molecule has 0 aromatic heterocycles. The summed E-state index contributed by atoms with van der Waals surface area (Å²) in [4.78, 5) is 12.7. The van der Waals surface area contributed by atoms with E-state index in [0.717, 1.165) is 46.7 Å². The molecule has 1 atom stereocenters. The molecule has 0 spiro atoms. The molecule has 3 rings (SSSR count). The predicted molar refractivity (Wildman–Crippen MR) is 81.6 cm³/mol. The van der Waals surface area contributed by atoms with Crippen LogP contribution in [-0.4, -0.2) is 18.9 Å². The van der Waals surface area contributed by atoms with Crippen molar-refractivity contribution in [3.63, 3.8) is 0 Å². The van der Waals surface area contributed by atoms with E-state index in [-0.39, 0.29) is 11.7 Å². The molecule has 1 aliphatic heterocycles. The first-order valence-electron chi connectivity index (χ1n) is 6.69. The fourth-order valence-corrected chi connectivity index (χ4v) is 3.25. The Labute approximate surface area is 121 Å². The van der Waals surface area contributed by atoms with E-state index in [1.807, 2.05) is 30.3 Å². The molecule has 98 valence electrons. The monoisotopic (exact) mass is 317 g/mol. The highest BCUT2D eigenvalue weighted by Gasteiger charge is 2.23. The Kier molecular flexibility index (Phi) is 3.67. The Morgan fingerprint density at radius 3 is 2.68 bits per heavy atom. The van der Waals surface area contributed by atoms with Crippen LogP contribution in [0.5, 0.6) is 0 Å². The number of hydrogen-bond donors (Lipinski definition) is 1. The van der Waals surface area contributed by atoms with Gasteiger partial charge in [-0.25, -0.2) is 0 Å². The van der Waals surface area contributed by atoms with Crippen molar-refractivity contribution >= 4 is 32.5 Å². The normalized spacial score (nSPS) is 19.5. The summed E-state index contributed by atoms with van der Waals surface area (Å²) in [6, 6.07) is 12.0. The Morgan fingerprint density at radius 1 is 1.16 bits per heavy atom. The number of hydrogen-bond acceptors (Lipinski definition) is 2. The van der Waals surface area contributed by atoms with E-state index >= 15 is 0 Å². The maximum atomic E-state index is 12.7. The number of halogens is 1. The van der Waals surface area contributed by atoms with Crippen molar-refractivity contribution < 1.29 is 4.79 Å². The zero-order chi connectivity index (χ0) is 13.2. The minimum Gasteiger partial charge on any atom is -0.316 e. The molecule has 3 heteroatoms. The standard InChI is InChI=1S/C16H16BrNO/c17-15-8-7-14(12-5-1-2-6-13(12)15)16(19)11-4-3-9-18-10-11/h1-2,5-8,11,18H,3-4,9-10H2. The molecule has 19 heavy (non-hydrogen) atoms. The maximum Gasteiger partial charge on any atom is 0.167 e. The van der Waals surface area contributed by atoms with Gasteiger partial charge in [0.1, 0.15) is 0 Å². The lowest BCUT2D eigenvalue weighted by Gasteiger charge is -2.22. The number of benzene rings is 2. The van der Waals surface area contributed by atoms with Crippen LogP contribution in [0.1, 0.15) is 23.2 Å². The molecule has 2 aromatic rings. The summed E-state index contributed by atoms with van der Waals surface area (Å²) in [6.07, 6.45) is 2.08. The van der Waals surface area contributed by atoms with Gasteiger partial charge in [-0.05, 0) is 42.3 Å². The smallest absolute Gasteiger partial charge is 0.167 e. The minimum absolute atomic E-state index is 0.123. The summed E-state index contributed by atoms with van der Waals surface area (Å²) in [7, 11) is 0. The molecule has 0 amide bonds. The van der Waals surface area contributed by atoms with Gasteiger partial charge in [0.2, 0.25) is 0 Å². The fraction of sp³-hybridized carbons (Fsp3) is 0.312. The van der Waals surface area contributed by atoms with Crippen LogP contribution in [0.4, 0.5) is 0 Å². The van der Waals surface area contributed by atoms with Crippen molar-refractivity contribution in [3.8, 4) is 0 Å². The van der Waals surface area contributed by atoms with Gasteiger partial charge >= 0.3 is 0 Å². The molecule has 2 nitrogen and oxygen atoms in total. The van der Waals surface area contributed by atoms with Gasteiger partial charge in [-0.3, -0.25) is 4.79 Å². The Balaban J connectivity index is 2.05. The number of nitrogens with one attached hydrogen (secondary N) is 1. The highest BCUT2D eigenvalue weighted by atomic mass is 79.9. The lowest BCUT2D eigenvalue weighted by molar-refractivity contribution is 0.0901. The number of fused-ring (bicyclic) bond motifs is 1. The van der Waals surface area contributed by atoms with Gasteiger partial charge in [0.15, 0.2) is 5.78 Å². The van der Waals surface area contributed by atoms with Crippen molar-refractivity contribution in [1.29, 1.82) is 0 Å². The lowest BCUT2D eigenvalue weighted by Crippen LogP contribution is -2.34. The van der Waals surface area contributed by atoms with Crippen molar-refractivity contribution in [2.75, 3.05) is 13.1 Å². The van der Waals surface area contributed by atoms with Crippen molar-refractivity contribution in [2.45, 2.75) is 12.8 Å². The second-order valence-electron chi connectivity index (χ2n) is 5.05. The highest BCUT2D eigenvalue weighted by Crippen LogP contribution is 2.29. The molecule has 0 radical (unpaired) electrons. The van der Waals surface area contributed by atoms with E-state index in [1.54, 1.807) is 0 Å². The number of carbonyl (C=O) groups excluding carboxylic acids is 1. The van der Waals surface area contributed by atoms with Crippen molar-refractivity contribution in [3.05, 3.63) is 46.4 Å². The van der Waals surface area contributed by atoms with Gasteiger partial charge in [0, 0.05) is 22.5 Å². The second kappa shape index (κ2) is 5.43. The Bertz CT molecular complexity index is 617. The summed E-state index contributed by atoms with van der Waals surface area (Å²) >= 11 is 3.55. The predicted octanol–water partition coefficient (Wildman–Crippen LogP) is 3.78. The lowest BCUT2D eigenvalue weighted by atomic mass is 9.89. The third-order valence-corrected chi connectivity index (χ3v) is 4.50. The number of Topliss-reactive ketones (excluding diaryl/α,β-unsaturated/α-hetero) is 1. The second-order valence-corrected chi connectivity index (χ2v) is 5.90. The molecular weight excluding hydrogens is 302 g/mol. The summed E-state index contributed by atoms with van der Waals surface area (Å²) < 4.78 is 1.04. The van der Waals surface area contributed by atoms with E-state index in [4.69, 9.17) is 0 Å². The molecule has 1 heterocycles. The molecular formula is C16H16BrNO. The third-order valence-electron chi connectivity index (χ3n) is 3.80. The first-order chi connectivity index (χ1) is 9.27. The number of piperidine rings is 1. The van der Waals surface area contributed by atoms with Crippen molar-refractivity contribution in [1.82, 2.24) is 5.32 Å². The molecule has 0 saturated carbocycles. The van der Waals surface area contributed by atoms with Crippen molar-refractivity contribution in [2.24, 2.45) is 5.92 Å². The third kappa shape index (κ3) is 2.45. The Hall–Kier alpha value is -1.19. The molecule has 1 unspecified atom stereocenters. The van der Waals surface area contributed by atoms with Crippen LogP contribution in [0, 0.1) is 5.92 Å². The van der Waals surface area contributed by atoms with E-state index in [0.29, 0.717) is 0 Å². The summed E-state index contributed by atoms with van der Waals surface area (Å²) in [5.74, 6) is 0.397. The quantitative estimate of drug-likeness (QED) is 0.854. The van der Waals surface area contributed by atoms with E-state index < -0.39 is 0 Å². The highest BCUT2D eigenvalue weighted by molar-refractivity contribution is 9.10.